The van der Waals surface area contributed by atoms with Crippen LogP contribution in [0.25, 0.3) is 0 Å². The summed E-state index contributed by atoms with van der Waals surface area (Å²) in [5.41, 5.74) is 0. The predicted molar refractivity (Wildman–Crippen MR) is 89.4 cm³/mol. The smallest absolute Gasteiger partial charge is 0.225 e. The lowest BCUT2D eigenvalue weighted by molar-refractivity contribution is 0.504. The Morgan fingerprint density at radius 3 is 2.46 bits per heavy atom. The van der Waals surface area contributed by atoms with Crippen LogP contribution in [0.2, 0.25) is 0 Å². The Morgan fingerprint density at radius 2 is 1.79 bits per heavy atom. The number of nitrogens with one attached hydrogen (secondary N) is 1. The maximum Gasteiger partial charge on any atom is 0.225 e. The number of sulfone groups is 1. The molecule has 0 saturated heterocycles. The van der Waals surface area contributed by atoms with E-state index in [0.717, 1.165) is 18.6 Å². The molecule has 0 atom stereocenters. The van der Waals surface area contributed by atoms with Gasteiger partial charge in [-0.15, -0.1) is 10.2 Å². The van der Waals surface area contributed by atoms with E-state index >= 15 is 0 Å². The number of hydrogen-bond acceptors (Lipinski definition) is 6. The first-order valence-electron chi connectivity index (χ1n) is 7.56. The minimum Gasteiger partial charge on any atom is -0.469 e. The first kappa shape index (κ1) is 16.2. The number of nitrogens with zero attached hydrogens (tertiary/aromatic N) is 2. The van der Waals surface area contributed by atoms with Gasteiger partial charge >= 0.3 is 0 Å². The minimum absolute atomic E-state index is 0.0603. The molecule has 0 aliphatic heterocycles. The molecule has 124 valence electrons. The van der Waals surface area contributed by atoms with Gasteiger partial charge < -0.3 is 9.73 Å². The Kier molecular flexibility index (Phi) is 4.90. The zero-order valence-electron chi connectivity index (χ0n) is 12.9. The third-order valence-corrected chi connectivity index (χ3v) is 5.12. The average molecular weight is 343 g/mol. The van der Waals surface area contributed by atoms with E-state index in [0.29, 0.717) is 12.4 Å². The highest BCUT2D eigenvalue weighted by Gasteiger charge is 2.19. The van der Waals surface area contributed by atoms with Crippen LogP contribution in [0, 0.1) is 0 Å². The number of rotatable bonds is 7. The van der Waals surface area contributed by atoms with E-state index in [2.05, 4.69) is 15.5 Å². The Balaban J connectivity index is 1.59. The van der Waals surface area contributed by atoms with Gasteiger partial charge in [-0.05, 0) is 42.8 Å². The molecule has 6 nitrogen and oxygen atoms in total. The molecule has 7 heteroatoms. The SMILES string of the molecule is O=S(=O)(c1ccccc1)c1ccc(NCCCc2ccco2)nn1. The van der Waals surface area contributed by atoms with Crippen molar-refractivity contribution in [2.45, 2.75) is 22.8 Å². The third-order valence-electron chi connectivity index (χ3n) is 3.46. The van der Waals surface area contributed by atoms with Gasteiger partial charge in [0.2, 0.25) is 9.84 Å². The number of benzene rings is 1. The summed E-state index contributed by atoms with van der Waals surface area (Å²) in [5, 5.41) is 10.8. The first-order chi connectivity index (χ1) is 11.7. The zero-order valence-corrected chi connectivity index (χ0v) is 13.7. The lowest BCUT2D eigenvalue weighted by atomic mass is 10.2. The zero-order chi connectivity index (χ0) is 16.8. The van der Waals surface area contributed by atoms with E-state index in [1.807, 2.05) is 12.1 Å². The monoisotopic (exact) mass is 343 g/mol. The van der Waals surface area contributed by atoms with E-state index in [4.69, 9.17) is 4.42 Å². The first-order valence-corrected chi connectivity index (χ1v) is 9.05. The topological polar surface area (TPSA) is 85.1 Å². The van der Waals surface area contributed by atoms with Crippen molar-refractivity contribution >= 4 is 15.7 Å². The molecule has 0 spiro atoms. The Morgan fingerprint density at radius 1 is 0.958 bits per heavy atom. The summed E-state index contributed by atoms with van der Waals surface area (Å²) in [5.74, 6) is 1.48. The van der Waals surface area contributed by atoms with Crippen molar-refractivity contribution in [3.63, 3.8) is 0 Å². The number of aryl methyl sites for hydroxylation is 1. The molecule has 2 aromatic heterocycles. The van der Waals surface area contributed by atoms with Crippen LogP contribution in [0.15, 0.2) is 75.2 Å². The largest absolute Gasteiger partial charge is 0.469 e. The normalized spacial score (nSPS) is 11.3. The molecule has 1 N–H and O–H groups in total. The van der Waals surface area contributed by atoms with Gasteiger partial charge in [-0.3, -0.25) is 0 Å². The Labute approximate surface area is 140 Å². The quantitative estimate of drug-likeness (QED) is 0.664. The second-order valence-corrected chi connectivity index (χ2v) is 7.08. The summed E-state index contributed by atoms with van der Waals surface area (Å²) in [6, 6.07) is 15.1. The standard InChI is InChI=1S/C17H17N3O3S/c21-24(22,15-8-2-1-3-9-15)17-11-10-16(19-20-17)18-12-4-6-14-7-5-13-23-14/h1-3,5,7-11,13H,4,6,12H2,(H,18,19). The van der Waals surface area contributed by atoms with E-state index in [-0.39, 0.29) is 9.92 Å². The van der Waals surface area contributed by atoms with Crippen LogP contribution >= 0.6 is 0 Å². The fraction of sp³-hybridized carbons (Fsp3) is 0.176. The van der Waals surface area contributed by atoms with Gasteiger partial charge in [0, 0.05) is 13.0 Å². The predicted octanol–water partition coefficient (Wildman–Crippen LogP) is 2.95. The third kappa shape index (κ3) is 3.80. The van der Waals surface area contributed by atoms with Crippen molar-refractivity contribution < 1.29 is 12.8 Å². The number of anilines is 1. The van der Waals surface area contributed by atoms with Crippen LogP contribution in [-0.2, 0) is 16.3 Å². The van der Waals surface area contributed by atoms with Gasteiger partial charge in [0.05, 0.1) is 11.2 Å². The highest BCUT2D eigenvalue weighted by atomic mass is 32.2. The van der Waals surface area contributed by atoms with Crippen molar-refractivity contribution in [2.75, 3.05) is 11.9 Å². The van der Waals surface area contributed by atoms with Crippen LogP contribution < -0.4 is 5.32 Å². The highest BCUT2D eigenvalue weighted by Crippen LogP contribution is 2.18. The summed E-state index contributed by atoms with van der Waals surface area (Å²) in [7, 11) is -3.62. The molecular weight excluding hydrogens is 326 g/mol. The van der Waals surface area contributed by atoms with Crippen LogP contribution in [0.5, 0.6) is 0 Å². The number of hydrogen-bond donors (Lipinski definition) is 1. The molecule has 0 aliphatic carbocycles. The van der Waals surface area contributed by atoms with E-state index in [1.54, 1.807) is 30.5 Å². The summed E-state index contributed by atoms with van der Waals surface area (Å²) in [6.07, 6.45) is 3.35. The lowest BCUT2D eigenvalue weighted by Crippen LogP contribution is -2.09. The van der Waals surface area contributed by atoms with Gasteiger partial charge in [0.25, 0.3) is 0 Å². The molecule has 0 unspecified atom stereocenters. The number of furan rings is 1. The summed E-state index contributed by atoms with van der Waals surface area (Å²) in [4.78, 5) is 0.207. The van der Waals surface area contributed by atoms with Gasteiger partial charge in [-0.25, -0.2) is 8.42 Å². The van der Waals surface area contributed by atoms with Crippen molar-refractivity contribution in [2.24, 2.45) is 0 Å². The number of aromatic nitrogens is 2. The van der Waals surface area contributed by atoms with Gasteiger partial charge in [-0.1, -0.05) is 18.2 Å². The average Bonchev–Trinajstić information content (AvgIpc) is 3.13. The molecular formula is C17H17N3O3S. The molecule has 0 radical (unpaired) electrons. The molecule has 24 heavy (non-hydrogen) atoms. The van der Waals surface area contributed by atoms with Crippen molar-refractivity contribution in [3.05, 3.63) is 66.6 Å². The van der Waals surface area contributed by atoms with E-state index in [9.17, 15) is 8.42 Å². The lowest BCUT2D eigenvalue weighted by Gasteiger charge is -2.06. The molecule has 0 saturated carbocycles. The van der Waals surface area contributed by atoms with Gasteiger partial charge in [-0.2, -0.15) is 0 Å². The van der Waals surface area contributed by atoms with Crippen LogP contribution in [0.1, 0.15) is 12.2 Å². The van der Waals surface area contributed by atoms with Crippen LogP contribution in [0.3, 0.4) is 0 Å². The maximum atomic E-state index is 12.4. The second kappa shape index (κ2) is 7.27. The molecule has 0 bridgehead atoms. The second-order valence-electron chi connectivity index (χ2n) is 5.18. The minimum atomic E-state index is -3.62. The van der Waals surface area contributed by atoms with Crippen molar-refractivity contribution in [1.29, 1.82) is 0 Å². The molecule has 3 rings (SSSR count). The fourth-order valence-electron chi connectivity index (χ4n) is 2.21. The summed E-state index contributed by atoms with van der Waals surface area (Å²) >= 11 is 0. The highest BCUT2D eigenvalue weighted by molar-refractivity contribution is 7.91. The van der Waals surface area contributed by atoms with Crippen molar-refractivity contribution in [3.8, 4) is 0 Å². The molecule has 0 fully saturated rings. The molecule has 0 aliphatic rings. The molecule has 0 amide bonds. The molecule has 3 aromatic rings. The Bertz CT molecular complexity index is 861. The summed E-state index contributed by atoms with van der Waals surface area (Å²) in [6.45, 7) is 0.695. The Hall–Kier alpha value is -2.67. The van der Waals surface area contributed by atoms with E-state index in [1.165, 1.54) is 18.2 Å². The summed E-state index contributed by atoms with van der Waals surface area (Å²) < 4.78 is 30.1. The fourth-order valence-corrected chi connectivity index (χ4v) is 3.36. The van der Waals surface area contributed by atoms with Crippen molar-refractivity contribution in [1.82, 2.24) is 10.2 Å². The molecule has 1 aromatic carbocycles. The van der Waals surface area contributed by atoms with E-state index < -0.39 is 9.84 Å². The van der Waals surface area contributed by atoms with Gasteiger partial charge in [0.1, 0.15) is 11.6 Å². The van der Waals surface area contributed by atoms with Crippen LogP contribution in [-0.4, -0.2) is 25.2 Å². The maximum absolute atomic E-state index is 12.4. The molecule has 2 heterocycles. The van der Waals surface area contributed by atoms with Gasteiger partial charge in [0.15, 0.2) is 5.03 Å². The van der Waals surface area contributed by atoms with Crippen LogP contribution in [0.4, 0.5) is 5.82 Å².